The second-order valence-electron chi connectivity index (χ2n) is 6.47. The number of carbonyl (C=O) groups is 3. The summed E-state index contributed by atoms with van der Waals surface area (Å²) in [4.78, 5) is 37.0. The van der Waals surface area contributed by atoms with Gasteiger partial charge in [0.1, 0.15) is 17.2 Å². The SMILES string of the molecule is CC1(C)S[C@@H]2[C@H](NC(=O)Cc3ccc(O)cc3)C(=O)N2[C@H]1C(=O)[O-].[K+]. The molecular formula is C16H17KN2O5S. The van der Waals surface area contributed by atoms with Gasteiger partial charge in [-0.2, -0.15) is 0 Å². The number of phenols is 1. The Bertz CT molecular complexity index is 709. The first-order valence-electron chi connectivity index (χ1n) is 7.49. The van der Waals surface area contributed by atoms with Crippen molar-refractivity contribution in [3.05, 3.63) is 29.8 Å². The third-order valence-corrected chi connectivity index (χ3v) is 5.85. The van der Waals surface area contributed by atoms with Crippen molar-refractivity contribution < 1.29 is 76.0 Å². The van der Waals surface area contributed by atoms with Gasteiger partial charge in [-0.15, -0.1) is 11.8 Å². The number of amides is 2. The first-order valence-corrected chi connectivity index (χ1v) is 8.37. The average molecular weight is 388 g/mol. The zero-order chi connectivity index (χ0) is 17.6. The molecule has 0 radical (unpaired) electrons. The van der Waals surface area contributed by atoms with Crippen molar-refractivity contribution in [3.8, 4) is 5.75 Å². The predicted molar refractivity (Wildman–Crippen MR) is 84.8 cm³/mol. The van der Waals surface area contributed by atoms with E-state index in [0.717, 1.165) is 0 Å². The fraction of sp³-hybridized carbons (Fsp3) is 0.438. The summed E-state index contributed by atoms with van der Waals surface area (Å²) in [6.07, 6.45) is 0.0781. The maximum absolute atomic E-state index is 12.3. The number of thioether (sulfide) groups is 1. The quantitative estimate of drug-likeness (QED) is 0.405. The summed E-state index contributed by atoms with van der Waals surface area (Å²) in [7, 11) is 0. The van der Waals surface area contributed by atoms with Crippen molar-refractivity contribution in [1.82, 2.24) is 10.2 Å². The number of benzene rings is 1. The molecule has 2 aliphatic rings. The van der Waals surface area contributed by atoms with Crippen molar-refractivity contribution in [1.29, 1.82) is 0 Å². The molecule has 9 heteroatoms. The molecule has 2 aliphatic heterocycles. The molecule has 2 fully saturated rings. The second kappa shape index (κ2) is 7.57. The summed E-state index contributed by atoms with van der Waals surface area (Å²) in [6.45, 7) is 3.50. The largest absolute Gasteiger partial charge is 1.00 e. The van der Waals surface area contributed by atoms with E-state index in [-0.39, 0.29) is 74.8 Å². The van der Waals surface area contributed by atoms with Crippen molar-refractivity contribution in [2.45, 2.75) is 42.5 Å². The molecule has 0 saturated carbocycles. The second-order valence-corrected chi connectivity index (χ2v) is 8.24. The molecular weight excluding hydrogens is 371 g/mol. The standard InChI is InChI=1S/C16H18N2O5S.K/c1-16(2)12(15(22)23)18-13(21)11(14(18)24-16)17-10(20)7-8-3-5-9(19)6-4-8;/h3-6,11-12,14,19H,7H2,1-2H3,(H,17,20)(H,22,23);/q;+1/p-1/t11-,12+,14-;/m1./s1. The van der Waals surface area contributed by atoms with E-state index in [1.807, 2.05) is 0 Å². The summed E-state index contributed by atoms with van der Waals surface area (Å²) in [6, 6.07) is 4.51. The molecule has 0 aromatic heterocycles. The van der Waals surface area contributed by atoms with Gasteiger partial charge in [0.05, 0.1) is 18.4 Å². The van der Waals surface area contributed by atoms with Gasteiger partial charge >= 0.3 is 51.4 Å². The van der Waals surface area contributed by atoms with Gasteiger partial charge in [-0.3, -0.25) is 9.59 Å². The number of aromatic hydroxyl groups is 1. The molecule has 2 heterocycles. The van der Waals surface area contributed by atoms with Gasteiger partial charge in [0.25, 0.3) is 0 Å². The first kappa shape index (κ1) is 20.7. The number of nitrogens with zero attached hydrogens (tertiary/aromatic N) is 1. The van der Waals surface area contributed by atoms with Crippen LogP contribution < -0.4 is 61.8 Å². The molecule has 3 atom stereocenters. The number of rotatable bonds is 4. The number of hydrogen-bond donors (Lipinski definition) is 2. The number of fused-ring (bicyclic) bond motifs is 1. The summed E-state index contributed by atoms with van der Waals surface area (Å²) in [5, 5.41) is 22.8. The third kappa shape index (κ3) is 3.91. The topological polar surface area (TPSA) is 110 Å². The third-order valence-electron chi connectivity index (χ3n) is 4.28. The zero-order valence-corrected chi connectivity index (χ0v) is 18.1. The molecule has 3 rings (SSSR count). The smallest absolute Gasteiger partial charge is 0.548 e. The van der Waals surface area contributed by atoms with Crippen LogP contribution in [0.4, 0.5) is 0 Å². The van der Waals surface area contributed by atoms with Gasteiger partial charge in [0.15, 0.2) is 0 Å². The van der Waals surface area contributed by atoms with Crippen LogP contribution in [0.15, 0.2) is 24.3 Å². The number of β-lactam (4-membered cyclic amide) rings is 1. The van der Waals surface area contributed by atoms with Crippen LogP contribution in [0.3, 0.4) is 0 Å². The van der Waals surface area contributed by atoms with E-state index in [9.17, 15) is 24.6 Å². The fourth-order valence-electron chi connectivity index (χ4n) is 3.15. The van der Waals surface area contributed by atoms with Crippen LogP contribution in [0, 0.1) is 0 Å². The van der Waals surface area contributed by atoms with Crippen LogP contribution in [0.1, 0.15) is 19.4 Å². The van der Waals surface area contributed by atoms with Crippen LogP contribution in [0.5, 0.6) is 5.75 Å². The predicted octanol–water partition coefficient (Wildman–Crippen LogP) is -3.76. The van der Waals surface area contributed by atoms with Gasteiger partial charge in [-0.05, 0) is 31.5 Å². The van der Waals surface area contributed by atoms with Gasteiger partial charge in [0, 0.05) is 4.75 Å². The minimum Gasteiger partial charge on any atom is -0.548 e. The van der Waals surface area contributed by atoms with Crippen molar-refractivity contribution >= 4 is 29.5 Å². The molecule has 1 aromatic carbocycles. The number of carboxylic acids is 1. The molecule has 2 N–H and O–H groups in total. The van der Waals surface area contributed by atoms with Gasteiger partial charge in [0.2, 0.25) is 11.8 Å². The fourth-order valence-corrected chi connectivity index (χ4v) is 4.77. The Morgan fingerprint density at radius 3 is 2.48 bits per heavy atom. The zero-order valence-electron chi connectivity index (χ0n) is 14.2. The number of carboxylic acid groups (broad SMARTS) is 1. The van der Waals surface area contributed by atoms with Crippen molar-refractivity contribution in [3.63, 3.8) is 0 Å². The minimum atomic E-state index is -1.28. The summed E-state index contributed by atoms with van der Waals surface area (Å²) in [5.74, 6) is -1.89. The van der Waals surface area contributed by atoms with E-state index < -0.39 is 28.7 Å². The Labute approximate surface area is 191 Å². The Morgan fingerprint density at radius 2 is 1.92 bits per heavy atom. The molecule has 0 bridgehead atoms. The number of hydrogen-bond acceptors (Lipinski definition) is 6. The van der Waals surface area contributed by atoms with Crippen molar-refractivity contribution in [2.24, 2.45) is 0 Å². The van der Waals surface area contributed by atoms with Crippen LogP contribution >= 0.6 is 11.8 Å². The summed E-state index contributed by atoms with van der Waals surface area (Å²) in [5.41, 5.74) is 0.709. The molecule has 2 saturated heterocycles. The van der Waals surface area contributed by atoms with Crippen molar-refractivity contribution in [2.75, 3.05) is 0 Å². The summed E-state index contributed by atoms with van der Waals surface area (Å²) < 4.78 is -0.671. The summed E-state index contributed by atoms with van der Waals surface area (Å²) >= 11 is 1.35. The number of phenolic OH excluding ortho intramolecular Hbond substituents is 1. The Hall–Kier alpha value is -0.584. The number of aliphatic carboxylic acids is 1. The Morgan fingerprint density at radius 1 is 1.32 bits per heavy atom. The normalized spacial score (nSPS) is 26.2. The van der Waals surface area contributed by atoms with Crippen LogP contribution in [-0.2, 0) is 20.8 Å². The van der Waals surface area contributed by atoms with E-state index in [1.54, 1.807) is 26.0 Å². The Kier molecular flexibility index (Phi) is 6.28. The average Bonchev–Trinajstić information content (AvgIpc) is 2.76. The van der Waals surface area contributed by atoms with E-state index in [4.69, 9.17) is 0 Å². The van der Waals surface area contributed by atoms with E-state index >= 15 is 0 Å². The van der Waals surface area contributed by atoms with E-state index in [1.165, 1.54) is 28.8 Å². The first-order chi connectivity index (χ1) is 11.2. The monoisotopic (exact) mass is 388 g/mol. The molecule has 1 aromatic rings. The van der Waals surface area contributed by atoms with Gasteiger partial charge < -0.3 is 25.2 Å². The maximum atomic E-state index is 12.3. The molecule has 128 valence electrons. The van der Waals surface area contributed by atoms with Crippen LogP contribution in [0.25, 0.3) is 0 Å². The number of carbonyl (C=O) groups excluding carboxylic acids is 3. The van der Waals surface area contributed by atoms with Gasteiger partial charge in [-0.1, -0.05) is 12.1 Å². The Balaban J connectivity index is 0.00000225. The van der Waals surface area contributed by atoms with Gasteiger partial charge in [-0.25, -0.2) is 0 Å². The minimum absolute atomic E-state index is 0. The van der Waals surface area contributed by atoms with Crippen LogP contribution in [-0.4, -0.2) is 50.0 Å². The number of nitrogens with one attached hydrogen (secondary N) is 1. The van der Waals surface area contributed by atoms with Crippen LogP contribution in [0.2, 0.25) is 0 Å². The molecule has 7 nitrogen and oxygen atoms in total. The molecule has 0 spiro atoms. The molecule has 25 heavy (non-hydrogen) atoms. The molecule has 0 unspecified atom stereocenters. The van der Waals surface area contributed by atoms with E-state index in [0.29, 0.717) is 5.56 Å². The maximum Gasteiger partial charge on any atom is 1.00 e. The molecule has 2 amide bonds. The van der Waals surface area contributed by atoms with E-state index in [2.05, 4.69) is 5.32 Å². The molecule has 0 aliphatic carbocycles.